The summed E-state index contributed by atoms with van der Waals surface area (Å²) in [4.78, 5) is 12.1. The van der Waals surface area contributed by atoms with Gasteiger partial charge < -0.3 is 20.1 Å². The van der Waals surface area contributed by atoms with E-state index in [9.17, 15) is 9.18 Å². The molecule has 0 unspecified atom stereocenters. The van der Waals surface area contributed by atoms with E-state index in [1.165, 1.54) is 19.2 Å². The van der Waals surface area contributed by atoms with E-state index in [1.54, 1.807) is 37.4 Å². The van der Waals surface area contributed by atoms with E-state index in [1.807, 2.05) is 6.92 Å². The number of amides is 2. The number of anilines is 1. The van der Waals surface area contributed by atoms with Crippen molar-refractivity contribution in [3.05, 3.63) is 53.8 Å². The molecule has 0 heterocycles. The molecule has 0 saturated heterocycles. The second-order valence-electron chi connectivity index (χ2n) is 4.94. The minimum absolute atomic E-state index is 0.264. The molecule has 0 aliphatic heterocycles. The fourth-order valence-corrected chi connectivity index (χ4v) is 2.09. The van der Waals surface area contributed by atoms with Crippen molar-refractivity contribution in [2.45, 2.75) is 13.0 Å². The van der Waals surface area contributed by atoms with Gasteiger partial charge in [0.2, 0.25) is 0 Å². The molecule has 2 N–H and O–H groups in total. The van der Waals surface area contributed by atoms with Gasteiger partial charge in [-0.05, 0) is 36.8 Å². The van der Waals surface area contributed by atoms with Crippen molar-refractivity contribution in [1.29, 1.82) is 0 Å². The summed E-state index contributed by atoms with van der Waals surface area (Å²) in [7, 11) is 3.07. The van der Waals surface area contributed by atoms with E-state index in [4.69, 9.17) is 9.47 Å². The van der Waals surface area contributed by atoms with Gasteiger partial charge in [-0.1, -0.05) is 12.1 Å². The van der Waals surface area contributed by atoms with Crippen LogP contribution in [0.4, 0.5) is 14.9 Å². The zero-order valence-corrected chi connectivity index (χ0v) is 13.2. The molecule has 2 rings (SSSR count). The monoisotopic (exact) mass is 318 g/mol. The Kier molecular flexibility index (Phi) is 5.41. The van der Waals surface area contributed by atoms with Crippen LogP contribution in [0.5, 0.6) is 11.5 Å². The first kappa shape index (κ1) is 16.6. The zero-order valence-electron chi connectivity index (χ0n) is 13.2. The number of hydrogen-bond acceptors (Lipinski definition) is 3. The van der Waals surface area contributed by atoms with Crippen molar-refractivity contribution in [2.24, 2.45) is 0 Å². The lowest BCUT2D eigenvalue weighted by Gasteiger charge is -2.16. The number of carbonyl (C=O) groups excluding carboxylic acids is 1. The minimum Gasteiger partial charge on any atom is -0.497 e. The quantitative estimate of drug-likeness (QED) is 0.883. The number of urea groups is 1. The number of halogens is 1. The van der Waals surface area contributed by atoms with E-state index in [0.717, 1.165) is 5.56 Å². The van der Waals surface area contributed by atoms with Crippen LogP contribution in [0, 0.1) is 5.82 Å². The molecule has 0 saturated carbocycles. The van der Waals surface area contributed by atoms with Gasteiger partial charge in [0.15, 0.2) is 0 Å². The molecule has 5 nitrogen and oxygen atoms in total. The van der Waals surface area contributed by atoms with Gasteiger partial charge in [-0.2, -0.15) is 0 Å². The van der Waals surface area contributed by atoms with Crippen molar-refractivity contribution < 1.29 is 18.7 Å². The van der Waals surface area contributed by atoms with Gasteiger partial charge in [0.25, 0.3) is 0 Å². The molecule has 0 fully saturated rings. The summed E-state index contributed by atoms with van der Waals surface area (Å²) < 4.78 is 23.3. The van der Waals surface area contributed by atoms with Gasteiger partial charge in [-0.15, -0.1) is 0 Å². The number of methoxy groups -OCH3 is 2. The lowest BCUT2D eigenvalue weighted by molar-refractivity contribution is 0.249. The van der Waals surface area contributed by atoms with Gasteiger partial charge in [0, 0.05) is 6.07 Å². The van der Waals surface area contributed by atoms with Crippen LogP contribution in [-0.4, -0.2) is 20.3 Å². The second kappa shape index (κ2) is 7.49. The van der Waals surface area contributed by atoms with Crippen LogP contribution in [0.15, 0.2) is 42.5 Å². The van der Waals surface area contributed by atoms with Gasteiger partial charge >= 0.3 is 6.03 Å². The van der Waals surface area contributed by atoms with E-state index < -0.39 is 0 Å². The lowest BCUT2D eigenvalue weighted by atomic mass is 10.1. The van der Waals surface area contributed by atoms with E-state index in [-0.39, 0.29) is 17.9 Å². The standard InChI is InChI=1S/C17H19FN2O3/c1-11(12-4-6-13(18)7-5-12)19-17(21)20-15-9-8-14(22-2)10-16(15)23-3/h4-11H,1-3H3,(H2,19,20,21)/t11-/m0/s1. The summed E-state index contributed by atoms with van der Waals surface area (Å²) in [5, 5.41) is 5.50. The topological polar surface area (TPSA) is 59.6 Å². The Morgan fingerprint density at radius 1 is 1.09 bits per heavy atom. The van der Waals surface area contributed by atoms with E-state index >= 15 is 0 Å². The van der Waals surface area contributed by atoms with Crippen molar-refractivity contribution in [2.75, 3.05) is 19.5 Å². The number of carbonyl (C=O) groups is 1. The Hall–Kier alpha value is -2.76. The summed E-state index contributed by atoms with van der Waals surface area (Å²) in [5.74, 6) is 0.815. The predicted octanol–water partition coefficient (Wildman–Crippen LogP) is 3.73. The van der Waals surface area contributed by atoms with Crippen molar-refractivity contribution >= 4 is 11.7 Å². The van der Waals surface area contributed by atoms with Crippen molar-refractivity contribution in [3.8, 4) is 11.5 Å². The Balaban J connectivity index is 2.03. The van der Waals surface area contributed by atoms with Gasteiger partial charge in [-0.3, -0.25) is 0 Å². The SMILES string of the molecule is COc1ccc(NC(=O)N[C@@H](C)c2ccc(F)cc2)c(OC)c1. The van der Waals surface area contributed by atoms with Crippen molar-refractivity contribution in [3.63, 3.8) is 0 Å². The van der Waals surface area contributed by atoms with Crippen molar-refractivity contribution in [1.82, 2.24) is 5.32 Å². The average Bonchev–Trinajstić information content (AvgIpc) is 2.55. The number of hydrogen-bond donors (Lipinski definition) is 2. The van der Waals surface area contributed by atoms with E-state index in [0.29, 0.717) is 17.2 Å². The third-order valence-electron chi connectivity index (χ3n) is 3.37. The molecule has 0 radical (unpaired) electrons. The highest BCUT2D eigenvalue weighted by molar-refractivity contribution is 5.91. The average molecular weight is 318 g/mol. The third-order valence-corrected chi connectivity index (χ3v) is 3.37. The molecular weight excluding hydrogens is 299 g/mol. The molecule has 6 heteroatoms. The Morgan fingerprint density at radius 2 is 1.78 bits per heavy atom. The third kappa shape index (κ3) is 4.35. The maximum atomic E-state index is 12.9. The second-order valence-corrected chi connectivity index (χ2v) is 4.94. The van der Waals surface area contributed by atoms with Gasteiger partial charge in [0.1, 0.15) is 17.3 Å². The van der Waals surface area contributed by atoms with Crippen LogP contribution in [0.25, 0.3) is 0 Å². The number of nitrogens with one attached hydrogen (secondary N) is 2. The maximum Gasteiger partial charge on any atom is 0.319 e. The molecule has 122 valence electrons. The molecule has 0 aromatic heterocycles. The van der Waals surface area contributed by atoms with Crippen LogP contribution >= 0.6 is 0 Å². The molecule has 23 heavy (non-hydrogen) atoms. The molecule has 1 atom stereocenters. The molecule has 2 aromatic rings. The summed E-state index contributed by atoms with van der Waals surface area (Å²) in [6.45, 7) is 1.82. The molecule has 0 aliphatic carbocycles. The summed E-state index contributed by atoms with van der Waals surface area (Å²) in [5.41, 5.74) is 1.33. The smallest absolute Gasteiger partial charge is 0.319 e. The Morgan fingerprint density at radius 3 is 2.39 bits per heavy atom. The summed E-state index contributed by atoms with van der Waals surface area (Å²) in [6, 6.07) is 10.4. The summed E-state index contributed by atoms with van der Waals surface area (Å²) >= 11 is 0. The molecular formula is C17H19FN2O3. The van der Waals surface area contributed by atoms with E-state index in [2.05, 4.69) is 10.6 Å². The maximum absolute atomic E-state index is 12.9. The molecule has 0 spiro atoms. The first-order chi connectivity index (χ1) is 11.0. The Bertz CT molecular complexity index is 674. The molecule has 0 aliphatic rings. The molecule has 2 amide bonds. The zero-order chi connectivity index (χ0) is 16.8. The number of benzene rings is 2. The predicted molar refractivity (Wildman–Crippen MR) is 86.5 cm³/mol. The minimum atomic E-state index is -0.384. The first-order valence-corrected chi connectivity index (χ1v) is 7.08. The van der Waals surface area contributed by atoms with Gasteiger partial charge in [0.05, 0.1) is 25.9 Å². The summed E-state index contributed by atoms with van der Waals surface area (Å²) in [6.07, 6.45) is 0. The first-order valence-electron chi connectivity index (χ1n) is 7.08. The number of rotatable bonds is 5. The highest BCUT2D eigenvalue weighted by Crippen LogP contribution is 2.29. The van der Waals surface area contributed by atoms with Crippen LogP contribution in [-0.2, 0) is 0 Å². The van der Waals surface area contributed by atoms with Gasteiger partial charge in [-0.25, -0.2) is 9.18 Å². The van der Waals surface area contributed by atoms with Crippen LogP contribution < -0.4 is 20.1 Å². The largest absolute Gasteiger partial charge is 0.497 e. The van der Waals surface area contributed by atoms with Crippen LogP contribution in [0.2, 0.25) is 0 Å². The fraction of sp³-hybridized carbons (Fsp3) is 0.235. The van der Waals surface area contributed by atoms with Crippen LogP contribution in [0.1, 0.15) is 18.5 Å². The highest BCUT2D eigenvalue weighted by Gasteiger charge is 2.12. The normalized spacial score (nSPS) is 11.5. The fourth-order valence-electron chi connectivity index (χ4n) is 2.09. The van der Waals surface area contributed by atoms with Crippen LogP contribution in [0.3, 0.4) is 0 Å². The number of ether oxygens (including phenoxy) is 2. The molecule has 2 aromatic carbocycles. The highest BCUT2D eigenvalue weighted by atomic mass is 19.1. The molecule has 0 bridgehead atoms. The Labute approximate surface area is 134 Å². The lowest BCUT2D eigenvalue weighted by Crippen LogP contribution is -2.31.